The highest BCUT2D eigenvalue weighted by atomic mass is 16.2. The first-order valence-corrected chi connectivity index (χ1v) is 9.70. The number of hydrogen-bond donors (Lipinski definition) is 2. The number of aromatic nitrogens is 2. The van der Waals surface area contributed by atoms with Crippen LogP contribution in [0.15, 0.2) is 53.3 Å². The minimum atomic E-state index is -0.342. The second-order valence-electron chi connectivity index (χ2n) is 7.56. The van der Waals surface area contributed by atoms with E-state index in [1.165, 1.54) is 18.4 Å². The molecule has 0 bridgehead atoms. The second kappa shape index (κ2) is 7.94. The minimum absolute atomic E-state index is 0.210. The number of fused-ring (bicyclic) bond motifs is 1. The Hall–Kier alpha value is -2.99. The SMILES string of the molecule is CC1CCN(Cc2ccc(NC(=O)c3n[nH]c(=O)c4ccccc34)cc2)CC1. The van der Waals surface area contributed by atoms with Gasteiger partial charge in [-0.05, 0) is 55.6 Å². The van der Waals surface area contributed by atoms with Crippen molar-refractivity contribution in [3.63, 3.8) is 0 Å². The molecule has 2 aromatic carbocycles. The molecule has 3 aromatic rings. The third-order valence-corrected chi connectivity index (χ3v) is 5.41. The third-order valence-electron chi connectivity index (χ3n) is 5.41. The van der Waals surface area contributed by atoms with E-state index in [1.807, 2.05) is 24.3 Å². The summed E-state index contributed by atoms with van der Waals surface area (Å²) < 4.78 is 0. The van der Waals surface area contributed by atoms with Crippen LogP contribution in [0.5, 0.6) is 0 Å². The molecule has 1 fully saturated rings. The predicted molar refractivity (Wildman–Crippen MR) is 110 cm³/mol. The van der Waals surface area contributed by atoms with Crippen LogP contribution >= 0.6 is 0 Å². The molecule has 2 heterocycles. The smallest absolute Gasteiger partial charge is 0.276 e. The fraction of sp³-hybridized carbons (Fsp3) is 0.318. The fourth-order valence-electron chi connectivity index (χ4n) is 3.65. The lowest BCUT2D eigenvalue weighted by molar-refractivity contribution is 0.102. The molecule has 0 aliphatic carbocycles. The van der Waals surface area contributed by atoms with Crippen LogP contribution in [0.1, 0.15) is 35.8 Å². The molecule has 1 saturated heterocycles. The van der Waals surface area contributed by atoms with Crippen molar-refractivity contribution in [2.24, 2.45) is 5.92 Å². The minimum Gasteiger partial charge on any atom is -0.321 e. The molecular formula is C22H24N4O2. The van der Waals surface area contributed by atoms with Gasteiger partial charge in [0.1, 0.15) is 0 Å². The number of rotatable bonds is 4. The van der Waals surface area contributed by atoms with Gasteiger partial charge < -0.3 is 5.32 Å². The molecule has 144 valence electrons. The van der Waals surface area contributed by atoms with Crippen LogP contribution in [0.4, 0.5) is 5.69 Å². The molecule has 1 aromatic heterocycles. The number of H-pyrrole nitrogens is 1. The molecule has 0 unspecified atom stereocenters. The highest BCUT2D eigenvalue weighted by Gasteiger charge is 2.16. The lowest BCUT2D eigenvalue weighted by atomic mass is 9.99. The van der Waals surface area contributed by atoms with Gasteiger partial charge in [-0.25, -0.2) is 5.10 Å². The standard InChI is InChI=1S/C22H24N4O2/c1-15-10-12-26(13-11-15)14-16-6-8-17(9-7-16)23-22(28)20-18-4-2-3-5-19(18)21(27)25-24-20/h2-9,15H,10-14H2,1H3,(H,23,28)(H,25,27). The first kappa shape index (κ1) is 18.4. The summed E-state index contributed by atoms with van der Waals surface area (Å²) in [4.78, 5) is 27.0. The summed E-state index contributed by atoms with van der Waals surface area (Å²) in [6, 6.07) is 14.9. The Bertz CT molecular complexity index is 1030. The largest absolute Gasteiger partial charge is 0.321 e. The molecule has 2 N–H and O–H groups in total. The number of hydrogen-bond acceptors (Lipinski definition) is 4. The molecule has 1 aliphatic rings. The monoisotopic (exact) mass is 376 g/mol. The maximum Gasteiger partial charge on any atom is 0.276 e. The molecule has 0 atom stereocenters. The van der Waals surface area contributed by atoms with Crippen LogP contribution in [-0.4, -0.2) is 34.1 Å². The molecule has 1 aliphatic heterocycles. The normalized spacial score (nSPS) is 15.6. The van der Waals surface area contributed by atoms with Crippen molar-refractivity contribution >= 4 is 22.4 Å². The average molecular weight is 376 g/mol. The zero-order chi connectivity index (χ0) is 19.5. The molecule has 0 radical (unpaired) electrons. The van der Waals surface area contributed by atoms with Crippen molar-refractivity contribution in [3.05, 3.63) is 70.1 Å². The number of carbonyl (C=O) groups is 1. The number of piperidine rings is 1. The quantitative estimate of drug-likeness (QED) is 0.731. The number of benzene rings is 2. The van der Waals surface area contributed by atoms with E-state index < -0.39 is 0 Å². The average Bonchev–Trinajstić information content (AvgIpc) is 2.71. The first-order chi connectivity index (χ1) is 13.6. The molecule has 28 heavy (non-hydrogen) atoms. The number of likely N-dealkylation sites (tertiary alicyclic amines) is 1. The van der Waals surface area contributed by atoms with E-state index in [-0.39, 0.29) is 17.2 Å². The lowest BCUT2D eigenvalue weighted by Gasteiger charge is -2.30. The van der Waals surface area contributed by atoms with Crippen molar-refractivity contribution in [1.29, 1.82) is 0 Å². The van der Waals surface area contributed by atoms with Crippen molar-refractivity contribution in [3.8, 4) is 0 Å². The summed E-state index contributed by atoms with van der Waals surface area (Å²) in [7, 11) is 0. The van der Waals surface area contributed by atoms with Crippen LogP contribution in [-0.2, 0) is 6.54 Å². The van der Waals surface area contributed by atoms with Gasteiger partial charge in [-0.2, -0.15) is 5.10 Å². The highest BCUT2D eigenvalue weighted by molar-refractivity contribution is 6.11. The Morgan fingerprint density at radius 3 is 2.50 bits per heavy atom. The molecular weight excluding hydrogens is 352 g/mol. The zero-order valence-corrected chi connectivity index (χ0v) is 15.9. The molecule has 6 heteroatoms. The summed E-state index contributed by atoms with van der Waals surface area (Å²) in [5.41, 5.74) is 1.85. The fourth-order valence-corrected chi connectivity index (χ4v) is 3.65. The Labute approximate surface area is 163 Å². The Balaban J connectivity index is 1.45. The van der Waals surface area contributed by atoms with Crippen molar-refractivity contribution in [2.45, 2.75) is 26.3 Å². The summed E-state index contributed by atoms with van der Waals surface area (Å²) in [6.07, 6.45) is 2.52. The van der Waals surface area contributed by atoms with E-state index in [1.54, 1.807) is 24.3 Å². The van der Waals surface area contributed by atoms with E-state index in [0.29, 0.717) is 16.5 Å². The number of nitrogens with one attached hydrogen (secondary N) is 2. The summed E-state index contributed by atoms with van der Waals surface area (Å²) in [5, 5.41) is 10.2. The second-order valence-corrected chi connectivity index (χ2v) is 7.56. The van der Waals surface area contributed by atoms with Crippen molar-refractivity contribution in [1.82, 2.24) is 15.1 Å². The van der Waals surface area contributed by atoms with Gasteiger partial charge in [-0.15, -0.1) is 0 Å². The summed E-state index contributed by atoms with van der Waals surface area (Å²) in [6.45, 7) is 5.54. The molecule has 6 nitrogen and oxygen atoms in total. The van der Waals surface area contributed by atoms with Gasteiger partial charge in [-0.1, -0.05) is 37.3 Å². The predicted octanol–water partition coefficient (Wildman–Crippen LogP) is 3.41. The Morgan fingerprint density at radius 1 is 1.11 bits per heavy atom. The van der Waals surface area contributed by atoms with E-state index in [2.05, 4.69) is 27.3 Å². The van der Waals surface area contributed by atoms with Crippen molar-refractivity contribution < 1.29 is 4.79 Å². The van der Waals surface area contributed by atoms with E-state index in [4.69, 9.17) is 0 Å². The van der Waals surface area contributed by atoms with Gasteiger partial charge >= 0.3 is 0 Å². The number of nitrogens with zero attached hydrogens (tertiary/aromatic N) is 2. The van der Waals surface area contributed by atoms with Crippen molar-refractivity contribution in [2.75, 3.05) is 18.4 Å². The summed E-state index contributed by atoms with van der Waals surface area (Å²) >= 11 is 0. The van der Waals surface area contributed by atoms with Gasteiger partial charge in [0.05, 0.1) is 5.39 Å². The maximum atomic E-state index is 12.7. The molecule has 0 spiro atoms. The van der Waals surface area contributed by atoms with Gasteiger partial charge in [-0.3, -0.25) is 14.5 Å². The molecule has 0 saturated carbocycles. The molecule has 1 amide bonds. The van der Waals surface area contributed by atoms with E-state index in [0.717, 1.165) is 25.6 Å². The maximum absolute atomic E-state index is 12.7. The number of carbonyl (C=O) groups excluding carboxylic acids is 1. The highest BCUT2D eigenvalue weighted by Crippen LogP contribution is 2.20. The topological polar surface area (TPSA) is 78.1 Å². The number of aromatic amines is 1. The van der Waals surface area contributed by atoms with Gasteiger partial charge in [0.2, 0.25) is 0 Å². The van der Waals surface area contributed by atoms with E-state index in [9.17, 15) is 9.59 Å². The number of amides is 1. The summed E-state index contributed by atoms with van der Waals surface area (Å²) in [5.74, 6) is 0.483. The van der Waals surface area contributed by atoms with Crippen LogP contribution < -0.4 is 10.9 Å². The third kappa shape index (κ3) is 3.97. The molecule has 4 rings (SSSR count). The van der Waals surface area contributed by atoms with Gasteiger partial charge in [0.15, 0.2) is 5.69 Å². The first-order valence-electron chi connectivity index (χ1n) is 9.70. The van der Waals surface area contributed by atoms with Gasteiger partial charge in [0.25, 0.3) is 11.5 Å². The van der Waals surface area contributed by atoms with E-state index >= 15 is 0 Å². The van der Waals surface area contributed by atoms with Crippen LogP contribution in [0.3, 0.4) is 0 Å². The zero-order valence-electron chi connectivity index (χ0n) is 15.9. The lowest BCUT2D eigenvalue weighted by Crippen LogP contribution is -2.32. The Morgan fingerprint density at radius 2 is 1.79 bits per heavy atom. The van der Waals surface area contributed by atoms with Crippen LogP contribution in [0.25, 0.3) is 10.8 Å². The Kier molecular flexibility index (Phi) is 5.21. The van der Waals surface area contributed by atoms with Crippen LogP contribution in [0.2, 0.25) is 0 Å². The van der Waals surface area contributed by atoms with Crippen LogP contribution in [0, 0.1) is 5.92 Å². The van der Waals surface area contributed by atoms with Gasteiger partial charge in [0, 0.05) is 17.6 Å². The number of anilines is 1.